The van der Waals surface area contributed by atoms with Crippen molar-refractivity contribution in [1.29, 1.82) is 0 Å². The van der Waals surface area contributed by atoms with Crippen molar-refractivity contribution in [3.05, 3.63) is 92.2 Å². The van der Waals surface area contributed by atoms with Crippen molar-refractivity contribution in [3.63, 3.8) is 0 Å². The van der Waals surface area contributed by atoms with Gasteiger partial charge in [0, 0.05) is 56.0 Å². The summed E-state index contributed by atoms with van der Waals surface area (Å²) in [7, 11) is 1.58. The molecule has 2 heterocycles. The number of fused-ring (bicyclic) bond motifs is 1. The molecule has 1 aliphatic rings. The number of nitrogens with two attached hydrogens (primary N) is 1. The van der Waals surface area contributed by atoms with Crippen LogP contribution in [0.2, 0.25) is 0 Å². The minimum absolute atomic E-state index is 0.0701. The van der Waals surface area contributed by atoms with Crippen molar-refractivity contribution in [3.8, 4) is 5.69 Å². The van der Waals surface area contributed by atoms with Crippen molar-refractivity contribution >= 4 is 34.5 Å². The normalized spacial score (nSPS) is 14.0. The Morgan fingerprint density at radius 3 is 1.92 bits per heavy atom. The summed E-state index contributed by atoms with van der Waals surface area (Å²) >= 11 is 0. The molecule has 16 heteroatoms. The lowest BCUT2D eigenvalue weighted by Gasteiger charge is -2.28. The predicted molar refractivity (Wildman–Crippen MR) is 259 cm³/mol. The van der Waals surface area contributed by atoms with E-state index in [1.54, 1.807) is 66.8 Å². The highest BCUT2D eigenvalue weighted by molar-refractivity contribution is 6.05. The van der Waals surface area contributed by atoms with Crippen LogP contribution in [0.4, 0.5) is 23.2 Å². The lowest BCUT2D eigenvalue weighted by Crippen LogP contribution is -2.31. The molecule has 1 saturated carbocycles. The van der Waals surface area contributed by atoms with Crippen LogP contribution in [0.15, 0.2) is 46.3 Å². The highest BCUT2D eigenvalue weighted by atomic mass is 19.3. The number of halogens is 4. The molecule has 5 rings (SSSR count). The molecule has 1 atom stereocenters. The second kappa shape index (κ2) is 26.0. The molecule has 1 fully saturated rings. The summed E-state index contributed by atoms with van der Waals surface area (Å²) < 4.78 is 68.4. The van der Waals surface area contributed by atoms with Crippen molar-refractivity contribution in [2.75, 3.05) is 18.9 Å². The lowest BCUT2D eigenvalue weighted by atomic mass is 9.84. The number of pyridine rings is 1. The lowest BCUT2D eigenvalue weighted by molar-refractivity contribution is -0.153. The summed E-state index contributed by atoms with van der Waals surface area (Å²) in [4.78, 5) is 47.7. The molecule has 4 aromatic rings. The maximum atomic E-state index is 14.8. The molecule has 1 aliphatic carbocycles. The average molecular weight is 930 g/mol. The van der Waals surface area contributed by atoms with Gasteiger partial charge in [-0.1, -0.05) is 54.5 Å². The van der Waals surface area contributed by atoms with Gasteiger partial charge in [-0.25, -0.2) is 27.5 Å². The van der Waals surface area contributed by atoms with Crippen molar-refractivity contribution in [2.24, 2.45) is 10.8 Å². The van der Waals surface area contributed by atoms with E-state index >= 15 is 0 Å². The molecule has 4 N–H and O–H groups in total. The Hall–Kier alpha value is -5.54. The summed E-state index contributed by atoms with van der Waals surface area (Å²) in [6.07, 6.45) is 0.0564. The van der Waals surface area contributed by atoms with Crippen LogP contribution in [-0.2, 0) is 25.5 Å². The van der Waals surface area contributed by atoms with E-state index in [0.29, 0.717) is 33.6 Å². The van der Waals surface area contributed by atoms with Gasteiger partial charge < -0.3 is 25.9 Å². The zero-order valence-electron chi connectivity index (χ0n) is 42.3. The summed E-state index contributed by atoms with van der Waals surface area (Å²) in [6, 6.07) is 8.41. The number of aryl methyl sites for hydroxylation is 2. The number of nitrogens with one attached hydrogen (secondary N) is 2. The first-order valence-corrected chi connectivity index (χ1v) is 22.9. The molecule has 2 aromatic heterocycles. The fourth-order valence-electron chi connectivity index (χ4n) is 7.22. The molecule has 0 saturated heterocycles. The number of rotatable bonds is 10. The maximum absolute atomic E-state index is 14.8. The van der Waals surface area contributed by atoms with Gasteiger partial charge in [0.1, 0.15) is 35.2 Å². The van der Waals surface area contributed by atoms with Crippen LogP contribution < -0.4 is 22.0 Å². The Bertz CT molecular complexity index is 2290. The molecule has 368 valence electrons. The molecule has 0 spiro atoms. The largest absolute Gasteiger partial charge is 0.460 e. The van der Waals surface area contributed by atoms with E-state index in [2.05, 4.69) is 15.8 Å². The van der Waals surface area contributed by atoms with E-state index in [1.807, 2.05) is 62.3 Å². The van der Waals surface area contributed by atoms with Crippen LogP contribution in [0.25, 0.3) is 16.7 Å². The number of carbonyl (C=O) groups excluding carboxylic acids is 2. The topological polar surface area (TPSA) is 163 Å². The number of amidine groups is 1. The van der Waals surface area contributed by atoms with Gasteiger partial charge >= 0.3 is 11.9 Å². The molecule has 66 heavy (non-hydrogen) atoms. The highest BCUT2D eigenvalue weighted by Crippen LogP contribution is 2.41. The Labute approximate surface area is 389 Å². The summed E-state index contributed by atoms with van der Waals surface area (Å²) in [6.45, 7) is 29.2. The Morgan fingerprint density at radius 1 is 0.894 bits per heavy atom. The number of alkyl halides is 2. The second-order valence-corrected chi connectivity index (χ2v) is 17.2. The summed E-state index contributed by atoms with van der Waals surface area (Å²) in [5.74, 6) is -5.58. The first kappa shape index (κ1) is 58.5. The number of benzene rings is 2. The minimum Gasteiger partial charge on any atom is -0.460 e. The van der Waals surface area contributed by atoms with E-state index in [-0.39, 0.29) is 84.5 Å². The van der Waals surface area contributed by atoms with Gasteiger partial charge in [0.05, 0.1) is 16.8 Å². The fraction of sp³-hybridized carbons (Fsp3) is 0.560. The number of hydrogen-bond acceptors (Lipinski definition) is 10. The number of esters is 2. The van der Waals surface area contributed by atoms with E-state index < -0.39 is 40.6 Å². The van der Waals surface area contributed by atoms with Crippen LogP contribution in [-0.4, -0.2) is 63.0 Å². The standard InChI is InChI=1S/C38H45F4N7O3.C6H12O2.3C2H6/c1-20-8-9-28(32(30(20)33(43)48-44-7)45-19-29(50)52-37(4,5)6)49-35(22(3)14-23-16-25(39)18-26(40)17-23)47-34-31(36(49)51)21(2)15-27(46-34)24-10-12-38(41,42)13-11-24;1-5(7)8-6(2,3)4;3*1-2/h8-9,15-18,22,24,44-45H,10-14,19H2,1-7H3,(H2,43,48);1-4H3;3*1-2H3/t22-;;;;/m0..../s1. The van der Waals surface area contributed by atoms with Gasteiger partial charge in [-0.15, -0.1) is 0 Å². The number of ether oxygens (including phenoxy) is 2. The monoisotopic (exact) mass is 930 g/mol. The molecule has 2 aromatic carbocycles. The SMILES string of the molecule is CC.CC.CC.CC(=O)OC(C)(C)C.CN/N=C(\N)c1c(C)ccc(-n2c([C@@H](C)Cc3cc(F)cc(F)c3)nc3nc(C4CCC(F)(F)CC4)cc(C)c3c2=O)c1NCC(=O)OC(C)(C)C. The predicted octanol–water partition coefficient (Wildman–Crippen LogP) is 11.3. The Kier molecular flexibility index (Phi) is 23.0. The van der Waals surface area contributed by atoms with Crippen LogP contribution in [0.3, 0.4) is 0 Å². The molecular weight excluding hydrogens is 855 g/mol. The molecule has 0 bridgehead atoms. The minimum atomic E-state index is -2.73. The molecule has 0 unspecified atom stereocenters. The van der Waals surface area contributed by atoms with Crippen molar-refractivity contribution < 1.29 is 36.6 Å². The Balaban J connectivity index is 0.00000138. The van der Waals surface area contributed by atoms with E-state index in [0.717, 1.165) is 6.07 Å². The molecule has 12 nitrogen and oxygen atoms in total. The van der Waals surface area contributed by atoms with Crippen LogP contribution in [0.1, 0.15) is 168 Å². The van der Waals surface area contributed by atoms with Crippen LogP contribution >= 0.6 is 0 Å². The second-order valence-electron chi connectivity index (χ2n) is 17.2. The number of anilines is 1. The van der Waals surface area contributed by atoms with Crippen molar-refractivity contribution in [1.82, 2.24) is 20.0 Å². The van der Waals surface area contributed by atoms with Gasteiger partial charge in [-0.2, -0.15) is 5.10 Å². The van der Waals surface area contributed by atoms with E-state index in [1.165, 1.54) is 23.6 Å². The zero-order valence-corrected chi connectivity index (χ0v) is 42.3. The quantitative estimate of drug-likeness (QED) is 0.0459. The molecule has 0 amide bonds. The summed E-state index contributed by atoms with van der Waals surface area (Å²) in [5.41, 5.74) is 10.8. The van der Waals surface area contributed by atoms with Gasteiger partial charge in [0.15, 0.2) is 11.5 Å². The molecule has 0 aliphatic heterocycles. The average Bonchev–Trinajstić information content (AvgIpc) is 3.20. The number of nitrogens with zero attached hydrogens (tertiary/aromatic N) is 4. The molecular formula is C50H75F4N7O5. The van der Waals surface area contributed by atoms with E-state index in [4.69, 9.17) is 25.2 Å². The van der Waals surface area contributed by atoms with E-state index in [9.17, 15) is 31.9 Å². The third-order valence-corrected chi connectivity index (χ3v) is 9.52. The van der Waals surface area contributed by atoms with Gasteiger partial charge in [0.2, 0.25) is 5.92 Å². The smallest absolute Gasteiger partial charge is 0.325 e. The third kappa shape index (κ3) is 17.4. The molecule has 0 radical (unpaired) electrons. The third-order valence-electron chi connectivity index (χ3n) is 9.52. The number of aromatic nitrogens is 3. The maximum Gasteiger partial charge on any atom is 0.325 e. The Morgan fingerprint density at radius 2 is 1.44 bits per heavy atom. The number of carbonyl (C=O) groups is 2. The summed E-state index contributed by atoms with van der Waals surface area (Å²) in [5, 5.41) is 7.51. The first-order valence-electron chi connectivity index (χ1n) is 22.9. The fourth-order valence-corrected chi connectivity index (χ4v) is 7.22. The van der Waals surface area contributed by atoms with Crippen LogP contribution in [0, 0.1) is 25.5 Å². The van der Waals surface area contributed by atoms with Gasteiger partial charge in [-0.3, -0.25) is 19.0 Å². The van der Waals surface area contributed by atoms with Crippen LogP contribution in [0.5, 0.6) is 0 Å². The van der Waals surface area contributed by atoms with Gasteiger partial charge in [-0.05, 0) is 116 Å². The number of hydrogen-bond donors (Lipinski definition) is 3. The van der Waals surface area contributed by atoms with Gasteiger partial charge in [0.25, 0.3) is 5.56 Å². The number of hydrazone groups is 1. The first-order chi connectivity index (χ1) is 30.8. The van der Waals surface area contributed by atoms with Crippen molar-refractivity contribution in [2.45, 2.75) is 172 Å². The highest BCUT2D eigenvalue weighted by Gasteiger charge is 2.36. The zero-order chi connectivity index (χ0) is 50.9.